The van der Waals surface area contributed by atoms with E-state index in [0.29, 0.717) is 15.3 Å². The number of primary sulfonamides is 1. The molecule has 0 bridgehead atoms. The first-order valence-corrected chi connectivity index (χ1v) is 10.4. The van der Waals surface area contributed by atoms with Crippen molar-refractivity contribution in [3.05, 3.63) is 76.9 Å². The van der Waals surface area contributed by atoms with E-state index >= 15 is 0 Å². The molecule has 3 N–H and O–H groups in total. The zero-order valence-electron chi connectivity index (χ0n) is 14.3. The van der Waals surface area contributed by atoms with Gasteiger partial charge in [0.05, 0.1) is 15.8 Å². The summed E-state index contributed by atoms with van der Waals surface area (Å²) in [7, 11) is -3.75. The van der Waals surface area contributed by atoms with Gasteiger partial charge in [0.2, 0.25) is 10.0 Å². The highest BCUT2D eigenvalue weighted by Crippen LogP contribution is 2.30. The fourth-order valence-electron chi connectivity index (χ4n) is 2.56. The molecule has 0 aliphatic carbocycles. The van der Waals surface area contributed by atoms with Gasteiger partial charge in [-0.05, 0) is 42.8 Å². The maximum Gasteiger partial charge on any atom is 0.261 e. The molecule has 3 rings (SSSR count). The summed E-state index contributed by atoms with van der Waals surface area (Å²) in [5, 5.41) is 7.92. The largest absolute Gasteiger partial charge is 0.345 e. The number of halogens is 1. The number of hydrogen-bond acceptors (Lipinski definition) is 4. The van der Waals surface area contributed by atoms with Crippen molar-refractivity contribution in [2.75, 3.05) is 0 Å². The summed E-state index contributed by atoms with van der Waals surface area (Å²) >= 11 is 1.20. The standard InChI is InChI=1S/C19H17FN2O3S2/c1-12(13-6-8-14(9-7-13)27(21,24)25)22-19(23)18-11-10-17(26-18)15-4-2-3-5-16(15)20/h2-12H,1H3,(H,22,23)(H2,21,24,25)/t12-/m1/s1. The molecule has 1 heterocycles. The summed E-state index contributed by atoms with van der Waals surface area (Å²) in [6, 6.07) is 15.4. The first kappa shape index (κ1) is 19.2. The summed E-state index contributed by atoms with van der Waals surface area (Å²) in [4.78, 5) is 13.6. The number of rotatable bonds is 5. The predicted molar refractivity (Wildman–Crippen MR) is 103 cm³/mol. The van der Waals surface area contributed by atoms with Gasteiger partial charge in [0, 0.05) is 10.4 Å². The number of hydrogen-bond donors (Lipinski definition) is 2. The molecule has 0 aliphatic rings. The molecule has 27 heavy (non-hydrogen) atoms. The second-order valence-corrected chi connectivity index (χ2v) is 8.60. The fourth-order valence-corrected chi connectivity index (χ4v) is 4.01. The quantitative estimate of drug-likeness (QED) is 0.680. The van der Waals surface area contributed by atoms with Crippen LogP contribution in [0.1, 0.15) is 28.2 Å². The molecule has 140 valence electrons. The van der Waals surface area contributed by atoms with Crippen molar-refractivity contribution in [2.24, 2.45) is 5.14 Å². The van der Waals surface area contributed by atoms with Crippen LogP contribution in [0.5, 0.6) is 0 Å². The van der Waals surface area contributed by atoms with Crippen LogP contribution in [0.15, 0.2) is 65.6 Å². The Labute approximate surface area is 160 Å². The third-order valence-electron chi connectivity index (χ3n) is 4.03. The monoisotopic (exact) mass is 404 g/mol. The van der Waals surface area contributed by atoms with Gasteiger partial charge < -0.3 is 5.32 Å². The van der Waals surface area contributed by atoms with Crippen molar-refractivity contribution in [1.82, 2.24) is 5.32 Å². The van der Waals surface area contributed by atoms with E-state index in [-0.39, 0.29) is 22.7 Å². The number of carbonyl (C=O) groups is 1. The average Bonchev–Trinajstić information content (AvgIpc) is 3.11. The SMILES string of the molecule is C[C@@H](NC(=O)c1ccc(-c2ccccc2F)s1)c1ccc(S(N)(=O)=O)cc1. The maximum atomic E-state index is 13.9. The number of sulfonamides is 1. The Hall–Kier alpha value is -2.55. The molecule has 0 fully saturated rings. The summed E-state index contributed by atoms with van der Waals surface area (Å²) in [6.45, 7) is 1.79. The molecule has 1 aromatic heterocycles. The van der Waals surface area contributed by atoms with Gasteiger partial charge in [0.15, 0.2) is 0 Å². The van der Waals surface area contributed by atoms with Crippen LogP contribution in [0.3, 0.4) is 0 Å². The van der Waals surface area contributed by atoms with Crippen LogP contribution >= 0.6 is 11.3 Å². The van der Waals surface area contributed by atoms with E-state index in [4.69, 9.17) is 5.14 Å². The van der Waals surface area contributed by atoms with E-state index in [1.54, 1.807) is 49.4 Å². The number of thiophene rings is 1. The van der Waals surface area contributed by atoms with Gasteiger partial charge in [-0.1, -0.05) is 30.3 Å². The molecule has 8 heteroatoms. The van der Waals surface area contributed by atoms with Crippen LogP contribution in [-0.4, -0.2) is 14.3 Å². The summed E-state index contributed by atoms with van der Waals surface area (Å²) < 4.78 is 36.5. The molecule has 0 spiro atoms. The zero-order valence-corrected chi connectivity index (χ0v) is 16.0. The van der Waals surface area contributed by atoms with Gasteiger partial charge in [-0.3, -0.25) is 4.79 Å². The Kier molecular flexibility index (Phi) is 5.41. The predicted octanol–water partition coefficient (Wildman–Crippen LogP) is 3.69. The number of benzene rings is 2. The van der Waals surface area contributed by atoms with E-state index in [1.807, 2.05) is 0 Å². The Balaban J connectivity index is 1.73. The van der Waals surface area contributed by atoms with Gasteiger partial charge in [-0.25, -0.2) is 17.9 Å². The number of amides is 1. The lowest BCUT2D eigenvalue weighted by Gasteiger charge is -2.14. The second kappa shape index (κ2) is 7.59. The second-order valence-electron chi connectivity index (χ2n) is 5.95. The molecule has 0 saturated heterocycles. The lowest BCUT2D eigenvalue weighted by molar-refractivity contribution is 0.0944. The molecule has 0 aliphatic heterocycles. The van der Waals surface area contributed by atoms with Crippen LogP contribution in [0.4, 0.5) is 4.39 Å². The first-order valence-electron chi connectivity index (χ1n) is 8.04. The third-order valence-corrected chi connectivity index (χ3v) is 6.07. The summed E-state index contributed by atoms with van der Waals surface area (Å²) in [6.07, 6.45) is 0. The molecule has 2 aromatic carbocycles. The molecular weight excluding hydrogens is 387 g/mol. The highest BCUT2D eigenvalue weighted by atomic mass is 32.2. The Morgan fingerprint density at radius 1 is 1.07 bits per heavy atom. The van der Waals surface area contributed by atoms with Gasteiger partial charge in [-0.2, -0.15) is 0 Å². The Morgan fingerprint density at radius 3 is 2.37 bits per heavy atom. The molecule has 5 nitrogen and oxygen atoms in total. The van der Waals surface area contributed by atoms with Crippen molar-refractivity contribution >= 4 is 27.3 Å². The summed E-state index contributed by atoms with van der Waals surface area (Å²) in [5.74, 6) is -0.625. The van der Waals surface area contributed by atoms with E-state index in [0.717, 1.165) is 5.56 Å². The minimum Gasteiger partial charge on any atom is -0.345 e. The molecule has 0 radical (unpaired) electrons. The molecule has 1 amide bonds. The van der Waals surface area contributed by atoms with Crippen LogP contribution in [0, 0.1) is 5.82 Å². The van der Waals surface area contributed by atoms with Crippen molar-refractivity contribution in [2.45, 2.75) is 17.9 Å². The molecule has 0 saturated carbocycles. The molecule has 0 unspecified atom stereocenters. The molecule has 3 aromatic rings. The Morgan fingerprint density at radius 2 is 1.74 bits per heavy atom. The average molecular weight is 404 g/mol. The minimum atomic E-state index is -3.75. The van der Waals surface area contributed by atoms with E-state index < -0.39 is 10.0 Å². The number of carbonyl (C=O) groups excluding carboxylic acids is 1. The maximum absolute atomic E-state index is 13.9. The topological polar surface area (TPSA) is 89.3 Å². The lowest BCUT2D eigenvalue weighted by Crippen LogP contribution is -2.25. The van der Waals surface area contributed by atoms with E-state index in [2.05, 4.69) is 5.32 Å². The number of nitrogens with two attached hydrogens (primary N) is 1. The van der Waals surface area contributed by atoms with E-state index in [9.17, 15) is 17.6 Å². The van der Waals surface area contributed by atoms with Gasteiger partial charge in [-0.15, -0.1) is 11.3 Å². The first-order chi connectivity index (χ1) is 12.8. The Bertz CT molecular complexity index is 1080. The smallest absolute Gasteiger partial charge is 0.261 e. The highest BCUT2D eigenvalue weighted by Gasteiger charge is 2.16. The highest BCUT2D eigenvalue weighted by molar-refractivity contribution is 7.89. The van der Waals surface area contributed by atoms with Crippen molar-refractivity contribution in [3.63, 3.8) is 0 Å². The van der Waals surface area contributed by atoms with Gasteiger partial charge >= 0.3 is 0 Å². The molecular formula is C19H17FN2O3S2. The van der Waals surface area contributed by atoms with Gasteiger partial charge in [0.1, 0.15) is 5.82 Å². The van der Waals surface area contributed by atoms with Crippen LogP contribution in [-0.2, 0) is 10.0 Å². The normalized spacial score (nSPS) is 12.6. The fraction of sp³-hybridized carbons (Fsp3) is 0.105. The zero-order chi connectivity index (χ0) is 19.6. The van der Waals surface area contributed by atoms with Gasteiger partial charge in [0.25, 0.3) is 5.91 Å². The van der Waals surface area contributed by atoms with Crippen LogP contribution in [0.25, 0.3) is 10.4 Å². The summed E-state index contributed by atoms with van der Waals surface area (Å²) in [5.41, 5.74) is 1.19. The van der Waals surface area contributed by atoms with E-state index in [1.165, 1.54) is 29.5 Å². The lowest BCUT2D eigenvalue weighted by atomic mass is 10.1. The number of nitrogens with one attached hydrogen (secondary N) is 1. The van der Waals surface area contributed by atoms with Crippen molar-refractivity contribution < 1.29 is 17.6 Å². The third kappa shape index (κ3) is 4.41. The van der Waals surface area contributed by atoms with Crippen molar-refractivity contribution in [1.29, 1.82) is 0 Å². The van der Waals surface area contributed by atoms with Crippen LogP contribution < -0.4 is 10.5 Å². The van der Waals surface area contributed by atoms with Crippen LogP contribution in [0.2, 0.25) is 0 Å². The minimum absolute atomic E-state index is 0.0116. The van der Waals surface area contributed by atoms with Crippen molar-refractivity contribution in [3.8, 4) is 10.4 Å². The molecule has 1 atom stereocenters.